The van der Waals surface area contributed by atoms with Crippen LogP contribution in [0, 0.1) is 0 Å². The van der Waals surface area contributed by atoms with Crippen LogP contribution in [-0.4, -0.2) is 18.5 Å². The van der Waals surface area contributed by atoms with Crippen LogP contribution >= 0.6 is 0 Å². The van der Waals surface area contributed by atoms with Gasteiger partial charge in [0.05, 0.1) is 5.57 Å². The van der Waals surface area contributed by atoms with Crippen LogP contribution < -0.4 is 5.73 Å². The molecule has 1 aliphatic heterocycles. The quantitative estimate of drug-likeness (QED) is 0.360. The average Bonchev–Trinajstić information content (AvgIpc) is 2.10. The second kappa shape index (κ2) is 1.99. The molecule has 0 bridgehead atoms. The summed E-state index contributed by atoms with van der Waals surface area (Å²) in [6.45, 7) is 0.0601. The van der Waals surface area contributed by atoms with E-state index in [0.717, 1.165) is 6.08 Å². The second-order valence-corrected chi connectivity index (χ2v) is 1.58. The number of hydrogen-bond acceptors (Lipinski definition) is 4. The molecule has 0 spiro atoms. The predicted octanol–water partition coefficient (Wildman–Crippen LogP) is -1.05. The van der Waals surface area contributed by atoms with Gasteiger partial charge in [-0.25, -0.2) is 9.59 Å². The van der Waals surface area contributed by atoms with E-state index in [9.17, 15) is 9.59 Å². The average molecular weight is 127 g/mol. The Morgan fingerprint density at radius 1 is 1.56 bits per heavy atom. The van der Waals surface area contributed by atoms with Gasteiger partial charge in [-0.1, -0.05) is 0 Å². The third kappa shape index (κ3) is 0.972. The minimum Gasteiger partial charge on any atom is -0.386 e. The van der Waals surface area contributed by atoms with Crippen molar-refractivity contribution in [3.05, 3.63) is 11.6 Å². The lowest BCUT2D eigenvalue weighted by Crippen LogP contribution is -2.10. The second-order valence-electron chi connectivity index (χ2n) is 1.58. The molecule has 4 heteroatoms. The van der Waals surface area contributed by atoms with E-state index < -0.39 is 11.9 Å². The Balaban J connectivity index is 2.80. The van der Waals surface area contributed by atoms with Crippen LogP contribution in [0.2, 0.25) is 0 Å². The van der Waals surface area contributed by atoms with Crippen LogP contribution in [0.5, 0.6) is 0 Å². The number of carbonyl (C=O) groups is 2. The Kier molecular flexibility index (Phi) is 1.32. The monoisotopic (exact) mass is 127 g/mol. The lowest BCUT2D eigenvalue weighted by molar-refractivity contribution is -0.150. The van der Waals surface area contributed by atoms with Crippen LogP contribution in [0.3, 0.4) is 0 Å². The molecule has 0 saturated heterocycles. The van der Waals surface area contributed by atoms with Crippen molar-refractivity contribution in [3.8, 4) is 0 Å². The molecule has 0 aliphatic carbocycles. The first-order chi connectivity index (χ1) is 4.24. The summed E-state index contributed by atoms with van der Waals surface area (Å²) in [6, 6.07) is 0. The van der Waals surface area contributed by atoms with E-state index in [1.165, 1.54) is 0 Å². The van der Waals surface area contributed by atoms with Crippen molar-refractivity contribution in [2.24, 2.45) is 5.73 Å². The number of cyclic esters (lactones) is 2. The first kappa shape index (κ1) is 5.97. The van der Waals surface area contributed by atoms with Gasteiger partial charge in [-0.3, -0.25) is 0 Å². The van der Waals surface area contributed by atoms with Crippen molar-refractivity contribution in [2.45, 2.75) is 0 Å². The van der Waals surface area contributed by atoms with Gasteiger partial charge < -0.3 is 10.5 Å². The number of esters is 2. The molecule has 48 valence electrons. The molecule has 0 amide bonds. The smallest absolute Gasteiger partial charge is 0.343 e. The molecule has 0 unspecified atom stereocenters. The van der Waals surface area contributed by atoms with Crippen LogP contribution in [0.1, 0.15) is 0 Å². The molecule has 0 saturated carbocycles. The minimum absolute atomic E-state index is 0.0601. The highest BCUT2D eigenvalue weighted by molar-refractivity contribution is 6.09. The lowest BCUT2D eigenvalue weighted by atomic mass is 10.3. The highest BCUT2D eigenvalue weighted by atomic mass is 16.6. The maximum Gasteiger partial charge on any atom is 0.343 e. The fraction of sp³-hybridized carbons (Fsp3) is 0.200. The Labute approximate surface area is 51.3 Å². The number of nitrogens with two attached hydrogens (primary N) is 1. The van der Waals surface area contributed by atoms with E-state index in [0.29, 0.717) is 0 Å². The maximum atomic E-state index is 10.4. The standard InChI is InChI=1S/C5H5NO3/c6-2-3-1-4(7)9-5(3)8/h1H,2,6H2. The van der Waals surface area contributed by atoms with E-state index in [-0.39, 0.29) is 12.1 Å². The van der Waals surface area contributed by atoms with E-state index in [4.69, 9.17) is 5.73 Å². The molecule has 1 heterocycles. The summed E-state index contributed by atoms with van der Waals surface area (Å²) in [5.74, 6) is -1.25. The zero-order valence-electron chi connectivity index (χ0n) is 4.59. The molecule has 4 nitrogen and oxygen atoms in total. The lowest BCUT2D eigenvalue weighted by Gasteiger charge is -1.88. The van der Waals surface area contributed by atoms with Gasteiger partial charge in [-0.15, -0.1) is 0 Å². The Morgan fingerprint density at radius 3 is 2.44 bits per heavy atom. The van der Waals surface area contributed by atoms with Crippen molar-refractivity contribution in [3.63, 3.8) is 0 Å². The molecule has 0 aromatic carbocycles. The van der Waals surface area contributed by atoms with E-state index in [1.807, 2.05) is 0 Å². The molecule has 1 rings (SSSR count). The molecule has 0 fully saturated rings. The summed E-state index contributed by atoms with van der Waals surface area (Å²) in [5.41, 5.74) is 5.30. The number of carbonyl (C=O) groups excluding carboxylic acids is 2. The Hall–Kier alpha value is -1.16. The highest BCUT2D eigenvalue weighted by Crippen LogP contribution is 2.04. The van der Waals surface area contributed by atoms with Gasteiger partial charge >= 0.3 is 11.9 Å². The maximum absolute atomic E-state index is 10.4. The van der Waals surface area contributed by atoms with E-state index in [1.54, 1.807) is 0 Å². The number of hydrogen-bond donors (Lipinski definition) is 1. The molecule has 2 N–H and O–H groups in total. The van der Waals surface area contributed by atoms with Gasteiger partial charge in [0.25, 0.3) is 0 Å². The largest absolute Gasteiger partial charge is 0.386 e. The summed E-state index contributed by atoms with van der Waals surface area (Å²) in [6.07, 6.45) is 1.10. The molecule has 0 aromatic heterocycles. The predicted molar refractivity (Wildman–Crippen MR) is 28.2 cm³/mol. The van der Waals surface area contributed by atoms with Gasteiger partial charge in [0, 0.05) is 12.6 Å². The first-order valence-electron chi connectivity index (χ1n) is 2.41. The van der Waals surface area contributed by atoms with Crippen molar-refractivity contribution in [1.82, 2.24) is 0 Å². The number of rotatable bonds is 1. The fourth-order valence-electron chi connectivity index (χ4n) is 0.530. The van der Waals surface area contributed by atoms with Crippen molar-refractivity contribution < 1.29 is 14.3 Å². The normalized spacial score (nSPS) is 17.7. The third-order valence-corrected chi connectivity index (χ3v) is 0.967. The van der Waals surface area contributed by atoms with E-state index in [2.05, 4.69) is 4.74 Å². The molecule has 0 aromatic rings. The molecule has 9 heavy (non-hydrogen) atoms. The summed E-state index contributed by atoms with van der Waals surface area (Å²) in [7, 11) is 0. The van der Waals surface area contributed by atoms with Gasteiger partial charge in [-0.2, -0.15) is 0 Å². The third-order valence-electron chi connectivity index (χ3n) is 0.967. The molecular weight excluding hydrogens is 122 g/mol. The van der Waals surface area contributed by atoms with Crippen LogP contribution in [0.4, 0.5) is 0 Å². The van der Waals surface area contributed by atoms with Gasteiger partial charge in [-0.05, 0) is 0 Å². The SMILES string of the molecule is NCC1=CC(=O)OC1=O. The molecule has 0 atom stereocenters. The summed E-state index contributed by atoms with van der Waals surface area (Å²) >= 11 is 0. The van der Waals surface area contributed by atoms with Crippen molar-refractivity contribution in [2.75, 3.05) is 6.54 Å². The Morgan fingerprint density at radius 2 is 2.22 bits per heavy atom. The Bertz CT molecular complexity index is 194. The summed E-state index contributed by atoms with van der Waals surface area (Å²) in [4.78, 5) is 20.7. The first-order valence-corrected chi connectivity index (χ1v) is 2.41. The van der Waals surface area contributed by atoms with Gasteiger partial charge in [0.15, 0.2) is 0 Å². The zero-order chi connectivity index (χ0) is 6.85. The van der Waals surface area contributed by atoms with Crippen LogP contribution in [0.25, 0.3) is 0 Å². The van der Waals surface area contributed by atoms with Crippen LogP contribution in [0.15, 0.2) is 11.6 Å². The van der Waals surface area contributed by atoms with E-state index >= 15 is 0 Å². The summed E-state index contributed by atoms with van der Waals surface area (Å²) in [5, 5.41) is 0. The fourth-order valence-corrected chi connectivity index (χ4v) is 0.530. The van der Waals surface area contributed by atoms with Gasteiger partial charge in [0.2, 0.25) is 0 Å². The van der Waals surface area contributed by atoms with Crippen molar-refractivity contribution in [1.29, 1.82) is 0 Å². The minimum atomic E-state index is -0.625. The molecule has 1 aliphatic rings. The molecule has 0 radical (unpaired) electrons. The highest BCUT2D eigenvalue weighted by Gasteiger charge is 2.21. The number of ether oxygens (including phenoxy) is 1. The topological polar surface area (TPSA) is 69.4 Å². The summed E-state index contributed by atoms with van der Waals surface area (Å²) < 4.78 is 4.11. The van der Waals surface area contributed by atoms with Crippen LogP contribution in [-0.2, 0) is 14.3 Å². The molecular formula is C5H5NO3. The van der Waals surface area contributed by atoms with Crippen molar-refractivity contribution >= 4 is 11.9 Å². The van der Waals surface area contributed by atoms with Gasteiger partial charge in [0.1, 0.15) is 0 Å². The zero-order valence-corrected chi connectivity index (χ0v) is 4.59.